The Balaban J connectivity index is 1.63. The third-order valence-electron chi connectivity index (χ3n) is 4.21. The number of anilines is 2. The van der Waals surface area contributed by atoms with E-state index in [1.807, 2.05) is 38.1 Å². The Labute approximate surface area is 152 Å². The summed E-state index contributed by atoms with van der Waals surface area (Å²) >= 11 is 5.99. The van der Waals surface area contributed by atoms with Gasteiger partial charge in [0, 0.05) is 29.5 Å². The standard InChI is InChI=1S/C19H20ClN3O2/c1-13-6-7-17(14(2)10-13)21-18(24)12-22-8-9-23(19(22)25)16-5-3-4-15(20)11-16/h3-7,10-11H,8-9,12H2,1-2H3,(H,21,24). The molecule has 1 aliphatic rings. The van der Waals surface area contributed by atoms with Crippen LogP contribution >= 0.6 is 11.6 Å². The molecule has 0 aliphatic carbocycles. The maximum Gasteiger partial charge on any atom is 0.325 e. The number of nitrogens with zero attached hydrogens (tertiary/aromatic N) is 2. The summed E-state index contributed by atoms with van der Waals surface area (Å²) in [6.45, 7) is 5.03. The summed E-state index contributed by atoms with van der Waals surface area (Å²) in [4.78, 5) is 28.0. The number of hydrogen-bond donors (Lipinski definition) is 1. The lowest BCUT2D eigenvalue weighted by molar-refractivity contribution is -0.116. The van der Waals surface area contributed by atoms with E-state index in [2.05, 4.69) is 5.32 Å². The van der Waals surface area contributed by atoms with Crippen molar-refractivity contribution in [3.05, 3.63) is 58.6 Å². The molecule has 2 aromatic rings. The maximum absolute atomic E-state index is 12.5. The Hall–Kier alpha value is -2.53. The van der Waals surface area contributed by atoms with Gasteiger partial charge in [-0.2, -0.15) is 0 Å². The molecule has 5 nitrogen and oxygen atoms in total. The molecule has 0 bridgehead atoms. The first-order valence-corrected chi connectivity index (χ1v) is 8.51. The SMILES string of the molecule is Cc1ccc(NC(=O)CN2CCN(c3cccc(Cl)c3)C2=O)c(C)c1. The molecule has 25 heavy (non-hydrogen) atoms. The van der Waals surface area contributed by atoms with Crippen molar-refractivity contribution in [3.63, 3.8) is 0 Å². The number of benzene rings is 2. The fourth-order valence-electron chi connectivity index (χ4n) is 2.93. The molecule has 0 aromatic heterocycles. The predicted octanol–water partition coefficient (Wildman–Crippen LogP) is 3.84. The highest BCUT2D eigenvalue weighted by molar-refractivity contribution is 6.30. The summed E-state index contributed by atoms with van der Waals surface area (Å²) in [5, 5.41) is 3.46. The van der Waals surface area contributed by atoms with Crippen LogP contribution in [0.15, 0.2) is 42.5 Å². The predicted molar refractivity (Wildman–Crippen MR) is 100 cm³/mol. The van der Waals surface area contributed by atoms with Gasteiger partial charge in [0.25, 0.3) is 0 Å². The van der Waals surface area contributed by atoms with Crippen LogP contribution in [0.25, 0.3) is 0 Å². The maximum atomic E-state index is 12.5. The van der Waals surface area contributed by atoms with Gasteiger partial charge in [0.05, 0.1) is 0 Å². The van der Waals surface area contributed by atoms with Crippen molar-refractivity contribution in [3.8, 4) is 0 Å². The first-order valence-electron chi connectivity index (χ1n) is 8.13. The number of carbonyl (C=O) groups excluding carboxylic acids is 2. The van der Waals surface area contributed by atoms with Crippen LogP contribution in [-0.2, 0) is 4.79 Å². The monoisotopic (exact) mass is 357 g/mol. The van der Waals surface area contributed by atoms with Crippen molar-refractivity contribution in [2.24, 2.45) is 0 Å². The number of amides is 3. The molecular formula is C19H20ClN3O2. The van der Waals surface area contributed by atoms with Crippen LogP contribution in [0.5, 0.6) is 0 Å². The van der Waals surface area contributed by atoms with Crippen LogP contribution in [0.2, 0.25) is 5.02 Å². The van der Waals surface area contributed by atoms with E-state index < -0.39 is 0 Å². The van der Waals surface area contributed by atoms with Gasteiger partial charge in [0.1, 0.15) is 6.54 Å². The molecule has 0 radical (unpaired) electrons. The molecule has 3 amide bonds. The molecule has 0 spiro atoms. The van der Waals surface area contributed by atoms with E-state index in [-0.39, 0.29) is 18.5 Å². The highest BCUT2D eigenvalue weighted by atomic mass is 35.5. The van der Waals surface area contributed by atoms with E-state index in [1.165, 1.54) is 0 Å². The van der Waals surface area contributed by atoms with E-state index in [9.17, 15) is 9.59 Å². The van der Waals surface area contributed by atoms with Gasteiger partial charge in [-0.3, -0.25) is 9.69 Å². The molecule has 6 heteroatoms. The third kappa shape index (κ3) is 3.94. The minimum absolute atomic E-state index is 0.0310. The Kier molecular flexibility index (Phi) is 4.95. The van der Waals surface area contributed by atoms with E-state index in [4.69, 9.17) is 11.6 Å². The minimum atomic E-state index is -0.201. The number of nitrogens with one attached hydrogen (secondary N) is 1. The van der Waals surface area contributed by atoms with Gasteiger partial charge in [-0.1, -0.05) is 35.4 Å². The van der Waals surface area contributed by atoms with Gasteiger partial charge < -0.3 is 10.2 Å². The van der Waals surface area contributed by atoms with Crippen LogP contribution in [0.4, 0.5) is 16.2 Å². The molecule has 3 rings (SSSR count). The Morgan fingerprint density at radius 1 is 1.16 bits per heavy atom. The van der Waals surface area contributed by atoms with Gasteiger partial charge in [0.15, 0.2) is 0 Å². The number of urea groups is 1. The number of hydrogen-bond acceptors (Lipinski definition) is 2. The second kappa shape index (κ2) is 7.15. The van der Waals surface area contributed by atoms with Crippen molar-refractivity contribution in [1.82, 2.24) is 4.90 Å². The van der Waals surface area contributed by atoms with Gasteiger partial charge in [-0.15, -0.1) is 0 Å². The molecule has 0 unspecified atom stereocenters. The minimum Gasteiger partial charge on any atom is -0.324 e. The van der Waals surface area contributed by atoms with Crippen molar-refractivity contribution in [1.29, 1.82) is 0 Å². The fourth-order valence-corrected chi connectivity index (χ4v) is 3.11. The van der Waals surface area contributed by atoms with Gasteiger partial charge in [0.2, 0.25) is 5.91 Å². The molecule has 0 atom stereocenters. The topological polar surface area (TPSA) is 52.7 Å². The van der Waals surface area contributed by atoms with E-state index in [1.54, 1.807) is 28.0 Å². The zero-order chi connectivity index (χ0) is 18.0. The van der Waals surface area contributed by atoms with Crippen molar-refractivity contribution >= 4 is 34.9 Å². The Morgan fingerprint density at radius 3 is 2.68 bits per heavy atom. The molecular weight excluding hydrogens is 338 g/mol. The summed E-state index contributed by atoms with van der Waals surface area (Å²) < 4.78 is 0. The molecule has 1 fully saturated rings. The second-order valence-corrected chi connectivity index (χ2v) is 6.64. The smallest absolute Gasteiger partial charge is 0.324 e. The van der Waals surface area contributed by atoms with Gasteiger partial charge in [-0.25, -0.2) is 4.79 Å². The van der Waals surface area contributed by atoms with Crippen molar-refractivity contribution in [2.75, 3.05) is 29.9 Å². The molecule has 1 aliphatic heterocycles. The zero-order valence-corrected chi connectivity index (χ0v) is 15.0. The quantitative estimate of drug-likeness (QED) is 0.903. The Bertz CT molecular complexity index is 822. The lowest BCUT2D eigenvalue weighted by Gasteiger charge is -2.19. The molecule has 1 N–H and O–H groups in total. The molecule has 130 valence electrons. The van der Waals surface area contributed by atoms with Crippen molar-refractivity contribution in [2.45, 2.75) is 13.8 Å². The molecule has 1 saturated heterocycles. The number of halogens is 1. The molecule has 2 aromatic carbocycles. The number of aryl methyl sites for hydroxylation is 2. The van der Waals surface area contributed by atoms with Crippen molar-refractivity contribution < 1.29 is 9.59 Å². The third-order valence-corrected chi connectivity index (χ3v) is 4.44. The lowest BCUT2D eigenvalue weighted by atomic mass is 10.1. The Morgan fingerprint density at radius 2 is 1.96 bits per heavy atom. The lowest BCUT2D eigenvalue weighted by Crippen LogP contribution is -2.37. The van der Waals surface area contributed by atoms with E-state index in [0.717, 1.165) is 22.5 Å². The first-order chi connectivity index (χ1) is 11.9. The van der Waals surface area contributed by atoms with Crippen LogP contribution < -0.4 is 10.2 Å². The van der Waals surface area contributed by atoms with E-state index >= 15 is 0 Å². The van der Waals surface area contributed by atoms with Crippen LogP contribution in [0, 0.1) is 13.8 Å². The number of carbonyl (C=O) groups is 2. The zero-order valence-electron chi connectivity index (χ0n) is 14.3. The largest absolute Gasteiger partial charge is 0.325 e. The summed E-state index contributed by atoms with van der Waals surface area (Å²) in [5.41, 5.74) is 3.66. The fraction of sp³-hybridized carbons (Fsp3) is 0.263. The number of rotatable bonds is 4. The highest BCUT2D eigenvalue weighted by Crippen LogP contribution is 2.23. The summed E-state index contributed by atoms with van der Waals surface area (Å²) in [6, 6.07) is 12.8. The normalized spacial score (nSPS) is 14.1. The van der Waals surface area contributed by atoms with Crippen LogP contribution in [0.1, 0.15) is 11.1 Å². The first kappa shape index (κ1) is 17.3. The van der Waals surface area contributed by atoms with Crippen LogP contribution in [0.3, 0.4) is 0 Å². The summed E-state index contributed by atoms with van der Waals surface area (Å²) in [6.07, 6.45) is 0. The molecule has 1 heterocycles. The highest BCUT2D eigenvalue weighted by Gasteiger charge is 2.30. The second-order valence-electron chi connectivity index (χ2n) is 6.20. The summed E-state index contributed by atoms with van der Waals surface area (Å²) in [5.74, 6) is -0.201. The average Bonchev–Trinajstić information content (AvgIpc) is 2.91. The van der Waals surface area contributed by atoms with Crippen LogP contribution in [-0.4, -0.2) is 36.5 Å². The van der Waals surface area contributed by atoms with Gasteiger partial charge >= 0.3 is 6.03 Å². The van der Waals surface area contributed by atoms with Gasteiger partial charge in [-0.05, 0) is 43.7 Å². The van der Waals surface area contributed by atoms with E-state index in [0.29, 0.717) is 18.1 Å². The summed E-state index contributed by atoms with van der Waals surface area (Å²) in [7, 11) is 0. The molecule has 0 saturated carbocycles. The average molecular weight is 358 g/mol.